The van der Waals surface area contributed by atoms with Crippen molar-refractivity contribution < 1.29 is 4.79 Å². The van der Waals surface area contributed by atoms with Gasteiger partial charge in [-0.25, -0.2) is 9.97 Å². The highest BCUT2D eigenvalue weighted by Gasteiger charge is 2.15. The maximum absolute atomic E-state index is 12.5. The molecular weight excluding hydrogens is 278 g/mol. The number of rotatable bonds is 2. The van der Waals surface area contributed by atoms with E-state index in [9.17, 15) is 4.79 Å². The minimum absolute atomic E-state index is 0.216. The molecule has 22 heavy (non-hydrogen) atoms. The van der Waals surface area contributed by atoms with Crippen LogP contribution in [-0.4, -0.2) is 25.7 Å². The molecule has 6 heteroatoms. The van der Waals surface area contributed by atoms with Crippen LogP contribution in [0.2, 0.25) is 0 Å². The van der Waals surface area contributed by atoms with Crippen molar-refractivity contribution in [2.45, 2.75) is 20.8 Å². The predicted molar refractivity (Wildman–Crippen MR) is 84.9 cm³/mol. The molecule has 0 aliphatic carbocycles. The summed E-state index contributed by atoms with van der Waals surface area (Å²) >= 11 is 0. The zero-order valence-corrected chi connectivity index (χ0v) is 13.0. The number of carbonyl (C=O) groups is 1. The zero-order valence-electron chi connectivity index (χ0n) is 13.0. The molecule has 1 amide bonds. The number of hydrogen-bond donors (Lipinski definition) is 1. The number of anilines is 1. The number of fused-ring (bicyclic) bond motifs is 1. The molecule has 3 aromatic heterocycles. The van der Waals surface area contributed by atoms with Crippen LogP contribution in [0.25, 0.3) is 11.0 Å². The van der Waals surface area contributed by atoms with E-state index in [1.165, 1.54) is 0 Å². The Balaban J connectivity index is 1.98. The molecule has 0 radical (unpaired) electrons. The first kappa shape index (κ1) is 14.2. The Morgan fingerprint density at radius 2 is 1.95 bits per heavy atom. The first-order valence-corrected chi connectivity index (χ1v) is 7.00. The topological polar surface area (TPSA) is 72.7 Å². The van der Waals surface area contributed by atoms with Gasteiger partial charge >= 0.3 is 0 Å². The average Bonchev–Trinajstić information content (AvgIpc) is 2.75. The molecule has 0 aliphatic rings. The van der Waals surface area contributed by atoms with E-state index in [-0.39, 0.29) is 5.91 Å². The Morgan fingerprint density at radius 3 is 2.64 bits per heavy atom. The maximum Gasteiger partial charge on any atom is 0.258 e. The Kier molecular flexibility index (Phi) is 3.36. The average molecular weight is 295 g/mol. The summed E-state index contributed by atoms with van der Waals surface area (Å²) in [5.41, 5.74) is 3.88. The third-order valence-electron chi connectivity index (χ3n) is 3.59. The number of aromatic nitrogens is 4. The van der Waals surface area contributed by atoms with E-state index >= 15 is 0 Å². The molecule has 0 unspecified atom stereocenters. The molecule has 3 aromatic rings. The highest BCUT2D eigenvalue weighted by molar-refractivity contribution is 6.06. The molecule has 0 aliphatic heterocycles. The lowest BCUT2D eigenvalue weighted by atomic mass is 10.1. The molecule has 3 rings (SSSR count). The monoisotopic (exact) mass is 295 g/mol. The summed E-state index contributed by atoms with van der Waals surface area (Å²) in [5, 5.41) is 8.02. The van der Waals surface area contributed by atoms with Crippen molar-refractivity contribution in [1.29, 1.82) is 0 Å². The first-order chi connectivity index (χ1) is 10.5. The van der Waals surface area contributed by atoms with Gasteiger partial charge in [-0.1, -0.05) is 6.07 Å². The second-order valence-electron chi connectivity index (χ2n) is 5.38. The van der Waals surface area contributed by atoms with E-state index in [1.54, 1.807) is 16.9 Å². The van der Waals surface area contributed by atoms with E-state index < -0.39 is 0 Å². The molecule has 112 valence electrons. The van der Waals surface area contributed by atoms with Crippen LogP contribution < -0.4 is 5.32 Å². The van der Waals surface area contributed by atoms with Crippen molar-refractivity contribution in [2.75, 3.05) is 5.32 Å². The van der Waals surface area contributed by atoms with Crippen molar-refractivity contribution in [3.8, 4) is 0 Å². The van der Waals surface area contributed by atoms with E-state index in [4.69, 9.17) is 0 Å². The van der Waals surface area contributed by atoms with Crippen LogP contribution in [0, 0.1) is 20.8 Å². The summed E-state index contributed by atoms with van der Waals surface area (Å²) in [5.74, 6) is 0.310. The van der Waals surface area contributed by atoms with Crippen molar-refractivity contribution in [1.82, 2.24) is 19.7 Å². The molecule has 0 spiro atoms. The minimum Gasteiger partial charge on any atom is -0.307 e. The molecule has 0 aromatic carbocycles. The Morgan fingerprint density at radius 1 is 1.18 bits per heavy atom. The fourth-order valence-corrected chi connectivity index (χ4v) is 2.39. The lowest BCUT2D eigenvalue weighted by Gasteiger charge is -2.07. The SMILES string of the molecule is Cc1ccc(NC(=O)c2cc3c(C)nn(C)c3nc2C)nc1. The Labute approximate surface area is 128 Å². The molecule has 6 nitrogen and oxygen atoms in total. The van der Waals surface area contributed by atoms with Gasteiger partial charge in [0.15, 0.2) is 5.65 Å². The largest absolute Gasteiger partial charge is 0.307 e. The number of nitrogens with one attached hydrogen (secondary N) is 1. The molecule has 0 saturated heterocycles. The highest BCUT2D eigenvalue weighted by atomic mass is 16.1. The summed E-state index contributed by atoms with van der Waals surface area (Å²) in [4.78, 5) is 21.1. The normalized spacial score (nSPS) is 10.9. The second kappa shape index (κ2) is 5.22. The molecule has 0 fully saturated rings. The summed E-state index contributed by atoms with van der Waals surface area (Å²) in [6.45, 7) is 5.67. The Bertz CT molecular complexity index is 864. The van der Waals surface area contributed by atoms with Crippen LogP contribution in [0.15, 0.2) is 24.4 Å². The number of amides is 1. The minimum atomic E-state index is -0.216. The van der Waals surface area contributed by atoms with Crippen LogP contribution in [0.1, 0.15) is 27.3 Å². The van der Waals surface area contributed by atoms with Gasteiger partial charge in [-0.15, -0.1) is 0 Å². The fourth-order valence-electron chi connectivity index (χ4n) is 2.39. The number of nitrogens with zero attached hydrogens (tertiary/aromatic N) is 4. The standard InChI is InChI=1S/C16H17N5O/c1-9-5-6-14(17-8-9)19-16(22)13-7-12-11(3)20-21(4)15(12)18-10(13)2/h5-8H,1-4H3,(H,17,19,22). The molecule has 3 heterocycles. The predicted octanol–water partition coefficient (Wildman–Crippen LogP) is 2.54. The van der Waals surface area contributed by atoms with Gasteiger partial charge in [-0.2, -0.15) is 5.10 Å². The van der Waals surface area contributed by atoms with E-state index in [0.717, 1.165) is 22.3 Å². The summed E-state index contributed by atoms with van der Waals surface area (Å²) in [6.07, 6.45) is 1.72. The maximum atomic E-state index is 12.5. The van der Waals surface area contributed by atoms with Crippen molar-refractivity contribution in [3.63, 3.8) is 0 Å². The first-order valence-electron chi connectivity index (χ1n) is 7.00. The lowest BCUT2D eigenvalue weighted by Crippen LogP contribution is -2.15. The van der Waals surface area contributed by atoms with Gasteiger partial charge in [0.05, 0.1) is 17.0 Å². The smallest absolute Gasteiger partial charge is 0.258 e. The van der Waals surface area contributed by atoms with Gasteiger partial charge in [0, 0.05) is 18.6 Å². The van der Waals surface area contributed by atoms with Crippen molar-refractivity contribution in [3.05, 3.63) is 46.9 Å². The molecule has 1 N–H and O–H groups in total. The fraction of sp³-hybridized carbons (Fsp3) is 0.250. The van der Waals surface area contributed by atoms with Crippen molar-refractivity contribution in [2.24, 2.45) is 7.05 Å². The third kappa shape index (κ3) is 2.43. The van der Waals surface area contributed by atoms with E-state index in [0.29, 0.717) is 17.1 Å². The number of pyridine rings is 2. The third-order valence-corrected chi connectivity index (χ3v) is 3.59. The van der Waals surface area contributed by atoms with Crippen LogP contribution in [0.5, 0.6) is 0 Å². The lowest BCUT2D eigenvalue weighted by molar-refractivity contribution is 0.102. The van der Waals surface area contributed by atoms with E-state index in [1.807, 2.05) is 40.0 Å². The summed E-state index contributed by atoms with van der Waals surface area (Å²) in [7, 11) is 1.84. The van der Waals surface area contributed by atoms with Crippen LogP contribution in [0.3, 0.4) is 0 Å². The van der Waals surface area contributed by atoms with E-state index in [2.05, 4.69) is 20.4 Å². The number of aryl methyl sites for hydroxylation is 4. The van der Waals surface area contributed by atoms with Gasteiger partial charge < -0.3 is 5.32 Å². The Hall–Kier alpha value is -2.76. The van der Waals surface area contributed by atoms with Crippen LogP contribution >= 0.6 is 0 Å². The molecular formula is C16H17N5O. The van der Waals surface area contributed by atoms with Gasteiger partial charge in [0.25, 0.3) is 5.91 Å². The second-order valence-corrected chi connectivity index (χ2v) is 5.38. The molecule has 0 saturated carbocycles. The summed E-state index contributed by atoms with van der Waals surface area (Å²) in [6, 6.07) is 5.52. The van der Waals surface area contributed by atoms with Crippen molar-refractivity contribution >= 4 is 22.8 Å². The number of carbonyl (C=O) groups excluding carboxylic acids is 1. The van der Waals surface area contributed by atoms with Gasteiger partial charge in [0.1, 0.15) is 5.82 Å². The highest BCUT2D eigenvalue weighted by Crippen LogP contribution is 2.20. The summed E-state index contributed by atoms with van der Waals surface area (Å²) < 4.78 is 1.72. The van der Waals surface area contributed by atoms with Gasteiger partial charge in [0.2, 0.25) is 0 Å². The van der Waals surface area contributed by atoms with Crippen LogP contribution in [-0.2, 0) is 7.05 Å². The van der Waals surface area contributed by atoms with Gasteiger partial charge in [-0.3, -0.25) is 9.48 Å². The molecule has 0 bridgehead atoms. The van der Waals surface area contributed by atoms with Crippen LogP contribution in [0.4, 0.5) is 5.82 Å². The number of hydrogen-bond acceptors (Lipinski definition) is 4. The quantitative estimate of drug-likeness (QED) is 0.788. The zero-order chi connectivity index (χ0) is 15.9. The van der Waals surface area contributed by atoms with Gasteiger partial charge in [-0.05, 0) is 38.5 Å². The molecule has 0 atom stereocenters.